The number of rotatable bonds is 7. The molecule has 4 heteroatoms. The number of hydrogen-bond donors (Lipinski definition) is 2. The van der Waals surface area contributed by atoms with Crippen LogP contribution in [0.25, 0.3) is 0 Å². The number of piperidine rings is 1. The summed E-state index contributed by atoms with van der Waals surface area (Å²) in [4.78, 5) is 15.0. The molecule has 25 heavy (non-hydrogen) atoms. The van der Waals surface area contributed by atoms with E-state index in [1.165, 1.54) is 16.7 Å². The first-order valence-corrected chi connectivity index (χ1v) is 9.59. The summed E-state index contributed by atoms with van der Waals surface area (Å²) < 4.78 is 0. The summed E-state index contributed by atoms with van der Waals surface area (Å²) in [6.45, 7) is 11.1. The van der Waals surface area contributed by atoms with Crippen LogP contribution in [0.2, 0.25) is 0 Å². The first-order chi connectivity index (χ1) is 11.9. The first-order valence-electron chi connectivity index (χ1n) is 9.59. The van der Waals surface area contributed by atoms with Crippen LogP contribution >= 0.6 is 0 Å². The fourth-order valence-electron chi connectivity index (χ4n) is 3.58. The normalized spacial score (nSPS) is 17.1. The summed E-state index contributed by atoms with van der Waals surface area (Å²) in [5, 5.41) is 12.8. The van der Waals surface area contributed by atoms with Crippen LogP contribution in [0.5, 0.6) is 0 Å². The van der Waals surface area contributed by atoms with Gasteiger partial charge in [-0.25, -0.2) is 0 Å². The number of benzene rings is 1. The summed E-state index contributed by atoms with van der Waals surface area (Å²) in [6.07, 6.45) is 2.67. The van der Waals surface area contributed by atoms with Gasteiger partial charge in [0.1, 0.15) is 0 Å². The van der Waals surface area contributed by atoms with Crippen LogP contribution in [-0.4, -0.2) is 41.7 Å². The van der Waals surface area contributed by atoms with Gasteiger partial charge in [-0.05, 0) is 56.1 Å². The Morgan fingerprint density at radius 3 is 2.52 bits per heavy atom. The second-order valence-electron chi connectivity index (χ2n) is 7.94. The first kappa shape index (κ1) is 19.9. The van der Waals surface area contributed by atoms with E-state index in [2.05, 4.69) is 51.2 Å². The van der Waals surface area contributed by atoms with E-state index in [4.69, 9.17) is 0 Å². The van der Waals surface area contributed by atoms with Crippen LogP contribution in [0.1, 0.15) is 49.8 Å². The molecular formula is C21H34N2O2. The van der Waals surface area contributed by atoms with Crippen molar-refractivity contribution in [3.05, 3.63) is 34.9 Å². The summed E-state index contributed by atoms with van der Waals surface area (Å²) >= 11 is 0. The summed E-state index contributed by atoms with van der Waals surface area (Å²) in [7, 11) is 0. The molecule has 4 nitrogen and oxygen atoms in total. The van der Waals surface area contributed by atoms with Crippen LogP contribution in [0.4, 0.5) is 0 Å². The molecule has 0 saturated carbocycles. The van der Waals surface area contributed by atoms with Gasteiger partial charge in [0, 0.05) is 26.2 Å². The molecule has 2 N–H and O–H groups in total. The second-order valence-corrected chi connectivity index (χ2v) is 7.94. The van der Waals surface area contributed by atoms with Gasteiger partial charge in [0.05, 0.1) is 6.04 Å². The molecule has 2 rings (SSSR count). The minimum absolute atomic E-state index is 0.133. The minimum Gasteiger partial charge on any atom is -0.396 e. The third-order valence-electron chi connectivity index (χ3n) is 5.23. The van der Waals surface area contributed by atoms with Crippen molar-refractivity contribution in [2.75, 3.05) is 19.7 Å². The van der Waals surface area contributed by atoms with Crippen LogP contribution in [0.15, 0.2) is 18.2 Å². The largest absolute Gasteiger partial charge is 0.396 e. The lowest BCUT2D eigenvalue weighted by Crippen LogP contribution is -2.49. The Balaban J connectivity index is 1.99. The highest BCUT2D eigenvalue weighted by Crippen LogP contribution is 2.19. The highest BCUT2D eigenvalue weighted by atomic mass is 16.3. The highest BCUT2D eigenvalue weighted by Gasteiger charge is 2.28. The second kappa shape index (κ2) is 9.35. The molecule has 0 bridgehead atoms. The number of hydrogen-bond acceptors (Lipinski definition) is 3. The molecule has 1 amide bonds. The van der Waals surface area contributed by atoms with Crippen molar-refractivity contribution in [1.29, 1.82) is 0 Å². The van der Waals surface area contributed by atoms with Crippen molar-refractivity contribution in [3.8, 4) is 0 Å². The predicted octanol–water partition coefficient (Wildman–Crippen LogP) is 3.04. The van der Waals surface area contributed by atoms with Crippen molar-refractivity contribution in [1.82, 2.24) is 10.2 Å². The van der Waals surface area contributed by atoms with Gasteiger partial charge < -0.3 is 15.3 Å². The van der Waals surface area contributed by atoms with Crippen molar-refractivity contribution in [2.24, 2.45) is 11.8 Å². The molecule has 0 spiro atoms. The van der Waals surface area contributed by atoms with E-state index in [0.29, 0.717) is 11.8 Å². The summed E-state index contributed by atoms with van der Waals surface area (Å²) in [5.74, 6) is 1.04. The summed E-state index contributed by atoms with van der Waals surface area (Å²) in [6, 6.07) is 6.34. The standard InChI is InChI=1S/C21H34N2O2/c1-15(2)11-20(21(25)23-9-7-18(14-24)8-10-23)22-13-19-6-5-16(3)12-17(19)4/h5-6,12,15,18,20,22,24H,7-11,13-14H2,1-4H3. The number of carbonyl (C=O) groups excluding carboxylic acids is 1. The van der Waals surface area contributed by atoms with Gasteiger partial charge in [0.2, 0.25) is 5.91 Å². The number of nitrogens with zero attached hydrogens (tertiary/aromatic N) is 1. The van der Waals surface area contributed by atoms with E-state index in [0.717, 1.165) is 38.9 Å². The lowest BCUT2D eigenvalue weighted by molar-refractivity contribution is -0.135. The molecule has 0 aliphatic carbocycles. The number of carbonyl (C=O) groups is 1. The fraction of sp³-hybridized carbons (Fsp3) is 0.667. The molecule has 1 aliphatic heterocycles. The van der Waals surface area contributed by atoms with Crippen molar-refractivity contribution in [2.45, 2.75) is 59.5 Å². The molecule has 1 saturated heterocycles. The molecule has 0 aromatic heterocycles. The molecule has 1 unspecified atom stereocenters. The van der Waals surface area contributed by atoms with Crippen molar-refractivity contribution >= 4 is 5.91 Å². The van der Waals surface area contributed by atoms with Gasteiger partial charge in [-0.15, -0.1) is 0 Å². The van der Waals surface area contributed by atoms with Crippen LogP contribution in [-0.2, 0) is 11.3 Å². The van der Waals surface area contributed by atoms with Crippen molar-refractivity contribution < 1.29 is 9.90 Å². The molecule has 1 aromatic carbocycles. The van der Waals surface area contributed by atoms with E-state index in [9.17, 15) is 9.90 Å². The minimum atomic E-state index is -0.133. The predicted molar refractivity (Wildman–Crippen MR) is 102 cm³/mol. The molecule has 0 radical (unpaired) electrons. The van der Waals surface area contributed by atoms with Gasteiger partial charge in [-0.2, -0.15) is 0 Å². The molecule has 1 heterocycles. The fourth-order valence-corrected chi connectivity index (χ4v) is 3.58. The van der Waals surface area contributed by atoms with Gasteiger partial charge in [0.25, 0.3) is 0 Å². The molecule has 1 fully saturated rings. The van der Waals surface area contributed by atoms with Gasteiger partial charge in [0.15, 0.2) is 0 Å². The van der Waals surface area contributed by atoms with Crippen LogP contribution in [0, 0.1) is 25.7 Å². The van der Waals surface area contributed by atoms with Gasteiger partial charge >= 0.3 is 0 Å². The van der Waals surface area contributed by atoms with Crippen LogP contribution < -0.4 is 5.32 Å². The third-order valence-corrected chi connectivity index (χ3v) is 5.23. The van der Waals surface area contributed by atoms with E-state index in [1.807, 2.05) is 4.90 Å². The van der Waals surface area contributed by atoms with E-state index in [1.54, 1.807) is 0 Å². The molecule has 1 aliphatic rings. The molecule has 1 aromatic rings. The van der Waals surface area contributed by atoms with Gasteiger partial charge in [-0.1, -0.05) is 37.6 Å². The smallest absolute Gasteiger partial charge is 0.239 e. The maximum absolute atomic E-state index is 13.0. The van der Waals surface area contributed by atoms with E-state index in [-0.39, 0.29) is 18.6 Å². The number of amides is 1. The maximum atomic E-state index is 13.0. The average Bonchev–Trinajstić information content (AvgIpc) is 2.59. The Bertz CT molecular complexity index is 563. The van der Waals surface area contributed by atoms with E-state index < -0.39 is 0 Å². The third kappa shape index (κ3) is 5.82. The lowest BCUT2D eigenvalue weighted by atomic mass is 9.96. The molecular weight excluding hydrogens is 312 g/mol. The zero-order valence-electron chi connectivity index (χ0n) is 16.2. The SMILES string of the molecule is Cc1ccc(CNC(CC(C)C)C(=O)N2CCC(CO)CC2)c(C)c1. The molecule has 1 atom stereocenters. The molecule has 140 valence electrons. The number of aliphatic hydroxyl groups excluding tert-OH is 1. The van der Waals surface area contributed by atoms with Crippen molar-refractivity contribution in [3.63, 3.8) is 0 Å². The monoisotopic (exact) mass is 346 g/mol. The zero-order chi connectivity index (χ0) is 18.4. The number of aliphatic hydroxyl groups is 1. The highest BCUT2D eigenvalue weighted by molar-refractivity contribution is 5.82. The Morgan fingerprint density at radius 2 is 1.96 bits per heavy atom. The Labute approximate surface area is 152 Å². The number of aryl methyl sites for hydroxylation is 2. The maximum Gasteiger partial charge on any atom is 0.239 e. The van der Waals surface area contributed by atoms with Gasteiger partial charge in [-0.3, -0.25) is 4.79 Å². The Hall–Kier alpha value is -1.39. The van der Waals surface area contributed by atoms with E-state index >= 15 is 0 Å². The topological polar surface area (TPSA) is 52.6 Å². The number of nitrogens with one attached hydrogen (secondary N) is 1. The average molecular weight is 347 g/mol. The quantitative estimate of drug-likeness (QED) is 0.798. The Morgan fingerprint density at radius 1 is 1.28 bits per heavy atom. The number of likely N-dealkylation sites (tertiary alicyclic amines) is 1. The zero-order valence-corrected chi connectivity index (χ0v) is 16.2. The Kier molecular flexibility index (Phi) is 7.45. The lowest BCUT2D eigenvalue weighted by Gasteiger charge is -2.34. The van der Waals surface area contributed by atoms with Crippen LogP contribution in [0.3, 0.4) is 0 Å². The summed E-state index contributed by atoms with van der Waals surface area (Å²) in [5.41, 5.74) is 3.79.